The van der Waals surface area contributed by atoms with E-state index >= 15 is 0 Å². The van der Waals surface area contributed by atoms with Crippen LogP contribution >= 0.6 is 23.2 Å². The van der Waals surface area contributed by atoms with E-state index in [0.717, 1.165) is 49.0 Å². The summed E-state index contributed by atoms with van der Waals surface area (Å²) in [6, 6.07) is 13.3. The van der Waals surface area contributed by atoms with Gasteiger partial charge in [-0.05, 0) is 61.1 Å². The van der Waals surface area contributed by atoms with Crippen molar-refractivity contribution in [1.29, 1.82) is 0 Å². The van der Waals surface area contributed by atoms with Crippen LogP contribution in [0.4, 0.5) is 5.69 Å². The van der Waals surface area contributed by atoms with Crippen molar-refractivity contribution in [3.8, 4) is 0 Å². The van der Waals surface area contributed by atoms with Gasteiger partial charge in [0.2, 0.25) is 11.8 Å². The van der Waals surface area contributed by atoms with Gasteiger partial charge in [0.05, 0.1) is 10.0 Å². The molecule has 0 atom stereocenters. The fourth-order valence-electron chi connectivity index (χ4n) is 3.37. The Labute approximate surface area is 175 Å². The van der Waals surface area contributed by atoms with Crippen molar-refractivity contribution in [2.75, 3.05) is 11.9 Å². The lowest BCUT2D eigenvalue weighted by atomic mass is 10.1. The quantitative estimate of drug-likeness (QED) is 0.647. The molecule has 0 aliphatic carbocycles. The topological polar surface area (TPSA) is 49.4 Å². The Balaban J connectivity index is 1.48. The minimum Gasteiger partial charge on any atom is -0.338 e. The molecule has 1 fully saturated rings. The third-order valence-electron chi connectivity index (χ3n) is 4.86. The van der Waals surface area contributed by atoms with Crippen molar-refractivity contribution in [2.24, 2.45) is 0 Å². The van der Waals surface area contributed by atoms with Crippen LogP contribution in [0, 0.1) is 0 Å². The fraction of sp³-hybridized carbons (Fsp3) is 0.364. The molecular formula is C22H24Cl2N2O2. The van der Waals surface area contributed by atoms with E-state index in [-0.39, 0.29) is 11.8 Å². The highest BCUT2D eigenvalue weighted by molar-refractivity contribution is 6.42. The van der Waals surface area contributed by atoms with Crippen LogP contribution in [-0.2, 0) is 22.6 Å². The second-order valence-corrected chi connectivity index (χ2v) is 7.94. The van der Waals surface area contributed by atoms with Crippen molar-refractivity contribution in [2.45, 2.75) is 45.1 Å². The van der Waals surface area contributed by atoms with Crippen LogP contribution in [0.3, 0.4) is 0 Å². The molecule has 0 radical (unpaired) electrons. The van der Waals surface area contributed by atoms with Crippen LogP contribution in [-0.4, -0.2) is 23.3 Å². The van der Waals surface area contributed by atoms with E-state index in [2.05, 4.69) is 5.32 Å². The number of piperidine rings is 1. The number of hydrogen-bond acceptors (Lipinski definition) is 2. The van der Waals surface area contributed by atoms with E-state index in [9.17, 15) is 9.59 Å². The van der Waals surface area contributed by atoms with E-state index in [0.29, 0.717) is 29.4 Å². The molecule has 2 amide bonds. The zero-order valence-corrected chi connectivity index (χ0v) is 17.2. The van der Waals surface area contributed by atoms with Crippen LogP contribution in [0.1, 0.15) is 43.2 Å². The molecule has 1 aliphatic heterocycles. The summed E-state index contributed by atoms with van der Waals surface area (Å²) >= 11 is 11.9. The monoisotopic (exact) mass is 418 g/mol. The highest BCUT2D eigenvalue weighted by Crippen LogP contribution is 2.23. The first-order chi connectivity index (χ1) is 13.5. The van der Waals surface area contributed by atoms with E-state index in [4.69, 9.17) is 23.2 Å². The van der Waals surface area contributed by atoms with Gasteiger partial charge in [-0.1, -0.05) is 41.4 Å². The third kappa shape index (κ3) is 5.98. The lowest BCUT2D eigenvalue weighted by molar-refractivity contribution is -0.133. The van der Waals surface area contributed by atoms with Crippen LogP contribution in [0.15, 0.2) is 42.5 Å². The number of amides is 2. The van der Waals surface area contributed by atoms with Gasteiger partial charge in [-0.25, -0.2) is 0 Å². The highest BCUT2D eigenvalue weighted by Gasteiger charge is 2.18. The normalized spacial score (nSPS) is 14.2. The van der Waals surface area contributed by atoms with Crippen LogP contribution < -0.4 is 5.32 Å². The predicted octanol–water partition coefficient (Wildman–Crippen LogP) is 5.47. The molecule has 1 saturated heterocycles. The maximum absolute atomic E-state index is 12.3. The number of hydrogen-bond donors (Lipinski definition) is 1. The second-order valence-electron chi connectivity index (χ2n) is 7.12. The van der Waals surface area contributed by atoms with E-state index in [1.807, 2.05) is 41.3 Å². The summed E-state index contributed by atoms with van der Waals surface area (Å²) in [5, 5.41) is 4.02. The Morgan fingerprint density at radius 3 is 2.68 bits per heavy atom. The fourth-order valence-corrected chi connectivity index (χ4v) is 3.69. The Bertz CT molecular complexity index is 854. The van der Waals surface area contributed by atoms with Gasteiger partial charge in [0.1, 0.15) is 0 Å². The second kappa shape index (κ2) is 9.94. The molecule has 1 aliphatic rings. The summed E-state index contributed by atoms with van der Waals surface area (Å²) in [5.41, 5.74) is 2.86. The van der Waals surface area contributed by atoms with Gasteiger partial charge >= 0.3 is 0 Å². The number of benzene rings is 2. The molecule has 148 valence electrons. The molecule has 1 heterocycles. The van der Waals surface area contributed by atoms with Gasteiger partial charge in [0, 0.05) is 31.6 Å². The van der Waals surface area contributed by atoms with Crippen LogP contribution in [0.25, 0.3) is 0 Å². The number of aryl methyl sites for hydroxylation is 1. The Hall–Kier alpha value is -2.04. The molecule has 6 heteroatoms. The van der Waals surface area contributed by atoms with E-state index < -0.39 is 0 Å². The number of nitrogens with one attached hydrogen (secondary N) is 1. The summed E-state index contributed by atoms with van der Waals surface area (Å²) in [4.78, 5) is 26.1. The third-order valence-corrected chi connectivity index (χ3v) is 5.60. The standard InChI is InChI=1S/C22H24Cl2N2O2/c23-19-11-10-16(14-20(19)24)5-4-8-21(27)25-18-7-3-6-17(13-18)15-26-12-2-1-9-22(26)28/h3,6-7,10-11,13-14H,1-2,4-5,8-9,12,15H2,(H,25,27). The molecule has 0 spiro atoms. The van der Waals surface area contributed by atoms with E-state index in [1.165, 1.54) is 0 Å². The number of likely N-dealkylation sites (tertiary alicyclic amines) is 1. The largest absolute Gasteiger partial charge is 0.338 e. The lowest BCUT2D eigenvalue weighted by Crippen LogP contribution is -2.34. The van der Waals surface area contributed by atoms with Gasteiger partial charge in [-0.3, -0.25) is 9.59 Å². The van der Waals surface area contributed by atoms with Crippen molar-refractivity contribution < 1.29 is 9.59 Å². The van der Waals surface area contributed by atoms with Gasteiger partial charge < -0.3 is 10.2 Å². The zero-order chi connectivity index (χ0) is 19.9. The molecule has 3 rings (SSSR count). The molecule has 0 bridgehead atoms. The molecule has 1 N–H and O–H groups in total. The minimum atomic E-state index is -0.0220. The smallest absolute Gasteiger partial charge is 0.224 e. The van der Waals surface area contributed by atoms with Gasteiger partial charge in [-0.2, -0.15) is 0 Å². The first-order valence-electron chi connectivity index (χ1n) is 9.62. The molecule has 2 aromatic rings. The molecule has 0 unspecified atom stereocenters. The average molecular weight is 419 g/mol. The van der Waals surface area contributed by atoms with Gasteiger partial charge in [0.25, 0.3) is 0 Å². The maximum atomic E-state index is 12.3. The van der Waals surface area contributed by atoms with Crippen molar-refractivity contribution in [3.05, 3.63) is 63.6 Å². The molecule has 0 saturated carbocycles. The number of halogens is 2. The number of rotatable bonds is 7. The van der Waals surface area contributed by atoms with Gasteiger partial charge in [0.15, 0.2) is 0 Å². The molecule has 0 aromatic heterocycles. The summed E-state index contributed by atoms with van der Waals surface area (Å²) in [6.45, 7) is 1.41. The SMILES string of the molecule is O=C(CCCc1ccc(Cl)c(Cl)c1)Nc1cccc(CN2CCCCC2=O)c1. The Morgan fingerprint density at radius 2 is 1.89 bits per heavy atom. The van der Waals surface area contributed by atoms with Gasteiger partial charge in [-0.15, -0.1) is 0 Å². The van der Waals surface area contributed by atoms with Crippen LogP contribution in [0.2, 0.25) is 10.0 Å². The van der Waals surface area contributed by atoms with E-state index in [1.54, 1.807) is 6.07 Å². The molecule has 28 heavy (non-hydrogen) atoms. The first-order valence-corrected chi connectivity index (χ1v) is 10.4. The molecule has 4 nitrogen and oxygen atoms in total. The number of anilines is 1. The summed E-state index contributed by atoms with van der Waals surface area (Å²) in [6.07, 6.45) is 4.59. The van der Waals surface area contributed by atoms with Crippen molar-refractivity contribution in [1.82, 2.24) is 4.90 Å². The zero-order valence-electron chi connectivity index (χ0n) is 15.7. The Kier molecular flexibility index (Phi) is 7.35. The maximum Gasteiger partial charge on any atom is 0.224 e. The predicted molar refractivity (Wildman–Crippen MR) is 114 cm³/mol. The van der Waals surface area contributed by atoms with Crippen molar-refractivity contribution in [3.63, 3.8) is 0 Å². The van der Waals surface area contributed by atoms with Crippen LogP contribution in [0.5, 0.6) is 0 Å². The lowest BCUT2D eigenvalue weighted by Gasteiger charge is -2.26. The highest BCUT2D eigenvalue weighted by atomic mass is 35.5. The first kappa shape index (κ1) is 20.7. The number of nitrogens with zero attached hydrogens (tertiary/aromatic N) is 1. The number of carbonyl (C=O) groups is 2. The summed E-state index contributed by atoms with van der Waals surface area (Å²) in [7, 11) is 0. The molecule has 2 aromatic carbocycles. The summed E-state index contributed by atoms with van der Waals surface area (Å²) < 4.78 is 0. The minimum absolute atomic E-state index is 0.0220. The molecular weight excluding hydrogens is 395 g/mol. The summed E-state index contributed by atoms with van der Waals surface area (Å²) in [5.74, 6) is 0.189. The average Bonchev–Trinajstić information content (AvgIpc) is 2.67. The Morgan fingerprint density at radius 1 is 1.04 bits per heavy atom. The van der Waals surface area contributed by atoms with Crippen molar-refractivity contribution >= 4 is 40.7 Å². The number of carbonyl (C=O) groups excluding carboxylic acids is 2.